The molecular formula is C23H22BrN5O3. The number of carbonyl (C=O) groups excluding carboxylic acids is 2. The second kappa shape index (κ2) is 9.35. The highest BCUT2D eigenvalue weighted by Crippen LogP contribution is 2.38. The van der Waals surface area contributed by atoms with Crippen molar-refractivity contribution in [1.82, 2.24) is 14.8 Å². The smallest absolute Gasteiger partial charge is 0.338 e. The average molecular weight is 496 g/mol. The summed E-state index contributed by atoms with van der Waals surface area (Å²) in [6, 6.07) is 16.4. The molecule has 1 aliphatic heterocycles. The van der Waals surface area contributed by atoms with E-state index in [2.05, 4.69) is 31.3 Å². The Hall–Kier alpha value is -3.46. The first kappa shape index (κ1) is 21.8. The molecule has 32 heavy (non-hydrogen) atoms. The first-order valence-electron chi connectivity index (χ1n) is 10.1. The molecule has 0 radical (unpaired) electrons. The normalized spacial score (nSPS) is 15.3. The topological polar surface area (TPSA) is 89.3 Å². The lowest BCUT2D eigenvalue weighted by Crippen LogP contribution is -2.40. The Bertz CT molecular complexity index is 1160. The van der Waals surface area contributed by atoms with E-state index in [1.807, 2.05) is 42.5 Å². The minimum Gasteiger partial charge on any atom is -0.463 e. The Morgan fingerprint density at radius 3 is 2.53 bits per heavy atom. The summed E-state index contributed by atoms with van der Waals surface area (Å²) in [5.74, 6) is -0.212. The zero-order chi connectivity index (χ0) is 22.7. The van der Waals surface area contributed by atoms with E-state index in [1.54, 1.807) is 35.6 Å². The fourth-order valence-electron chi connectivity index (χ4n) is 3.71. The van der Waals surface area contributed by atoms with Crippen molar-refractivity contribution in [2.24, 2.45) is 0 Å². The summed E-state index contributed by atoms with van der Waals surface area (Å²) in [5.41, 5.74) is 2.57. The van der Waals surface area contributed by atoms with E-state index < -0.39 is 12.0 Å². The van der Waals surface area contributed by atoms with Crippen molar-refractivity contribution >= 4 is 39.4 Å². The molecule has 1 amide bonds. The van der Waals surface area contributed by atoms with Crippen LogP contribution in [0.3, 0.4) is 0 Å². The van der Waals surface area contributed by atoms with Gasteiger partial charge in [0.25, 0.3) is 0 Å². The van der Waals surface area contributed by atoms with Gasteiger partial charge < -0.3 is 15.0 Å². The third kappa shape index (κ3) is 4.29. The van der Waals surface area contributed by atoms with Gasteiger partial charge in [0.2, 0.25) is 11.9 Å². The van der Waals surface area contributed by atoms with Crippen LogP contribution in [0, 0.1) is 0 Å². The van der Waals surface area contributed by atoms with Crippen molar-refractivity contribution in [3.63, 3.8) is 0 Å². The SMILES string of the molecule is CCOC(=O)C1=C(C)N(CC(=O)Nc2ccc(Br)cc2)c2ncnn2C1c1ccccc1. The second-order valence-electron chi connectivity index (χ2n) is 7.18. The van der Waals surface area contributed by atoms with E-state index >= 15 is 0 Å². The Balaban J connectivity index is 1.71. The van der Waals surface area contributed by atoms with Crippen LogP contribution < -0.4 is 10.2 Å². The van der Waals surface area contributed by atoms with E-state index in [-0.39, 0.29) is 19.1 Å². The largest absolute Gasteiger partial charge is 0.463 e. The van der Waals surface area contributed by atoms with E-state index in [0.29, 0.717) is 22.9 Å². The van der Waals surface area contributed by atoms with Gasteiger partial charge >= 0.3 is 5.97 Å². The standard InChI is InChI=1S/C23H22BrN5O3/c1-3-32-22(31)20-15(2)28(13-19(30)27-18-11-9-17(24)10-12-18)23-25-14-26-29(23)21(20)16-7-5-4-6-8-16/h4-12,14,21H,3,13H2,1-2H3,(H,27,30). The van der Waals surface area contributed by atoms with E-state index in [9.17, 15) is 9.59 Å². The van der Waals surface area contributed by atoms with Gasteiger partial charge in [-0.1, -0.05) is 46.3 Å². The van der Waals surface area contributed by atoms with Crippen LogP contribution in [0.1, 0.15) is 25.5 Å². The number of hydrogen-bond donors (Lipinski definition) is 1. The van der Waals surface area contributed by atoms with Crippen molar-refractivity contribution in [2.75, 3.05) is 23.4 Å². The summed E-state index contributed by atoms with van der Waals surface area (Å²) in [6.45, 7) is 3.77. The Labute approximate surface area is 194 Å². The van der Waals surface area contributed by atoms with Gasteiger partial charge in [-0.3, -0.25) is 4.79 Å². The highest BCUT2D eigenvalue weighted by atomic mass is 79.9. The van der Waals surface area contributed by atoms with E-state index in [0.717, 1.165) is 10.0 Å². The number of carbonyl (C=O) groups is 2. The molecule has 1 atom stereocenters. The molecule has 0 spiro atoms. The maximum atomic E-state index is 13.0. The molecule has 2 heterocycles. The average Bonchev–Trinajstić information content (AvgIpc) is 3.27. The quantitative estimate of drug-likeness (QED) is 0.521. The third-order valence-electron chi connectivity index (χ3n) is 5.15. The van der Waals surface area contributed by atoms with Gasteiger partial charge in [0.15, 0.2) is 0 Å². The number of anilines is 2. The number of fused-ring (bicyclic) bond motifs is 1. The summed E-state index contributed by atoms with van der Waals surface area (Å²) in [7, 11) is 0. The zero-order valence-electron chi connectivity index (χ0n) is 17.7. The molecule has 0 fully saturated rings. The van der Waals surface area contributed by atoms with Gasteiger partial charge in [-0.25, -0.2) is 9.48 Å². The lowest BCUT2D eigenvalue weighted by atomic mass is 9.95. The first-order valence-corrected chi connectivity index (χ1v) is 10.9. The highest BCUT2D eigenvalue weighted by molar-refractivity contribution is 9.10. The number of hydrogen-bond acceptors (Lipinski definition) is 6. The number of amides is 1. The van der Waals surface area contributed by atoms with Crippen molar-refractivity contribution in [2.45, 2.75) is 19.9 Å². The van der Waals surface area contributed by atoms with Crippen LogP contribution in [0.5, 0.6) is 0 Å². The highest BCUT2D eigenvalue weighted by Gasteiger charge is 2.38. The monoisotopic (exact) mass is 495 g/mol. The maximum Gasteiger partial charge on any atom is 0.338 e. The molecule has 0 saturated heterocycles. The number of aromatic nitrogens is 3. The summed E-state index contributed by atoms with van der Waals surface area (Å²) in [4.78, 5) is 31.9. The predicted molar refractivity (Wildman–Crippen MR) is 124 cm³/mol. The third-order valence-corrected chi connectivity index (χ3v) is 5.68. The van der Waals surface area contributed by atoms with E-state index in [1.165, 1.54) is 6.33 Å². The van der Waals surface area contributed by atoms with Crippen molar-refractivity contribution < 1.29 is 14.3 Å². The molecule has 0 saturated carbocycles. The molecule has 0 bridgehead atoms. The molecule has 3 aromatic rings. The summed E-state index contributed by atoms with van der Waals surface area (Å²) >= 11 is 3.38. The summed E-state index contributed by atoms with van der Waals surface area (Å²) in [6.07, 6.45) is 1.42. The Morgan fingerprint density at radius 2 is 1.84 bits per heavy atom. The number of ether oxygens (including phenoxy) is 1. The van der Waals surface area contributed by atoms with Gasteiger partial charge in [-0.2, -0.15) is 10.1 Å². The molecular weight excluding hydrogens is 474 g/mol. The Kier molecular flexibility index (Phi) is 6.36. The molecule has 2 aromatic carbocycles. The van der Waals surface area contributed by atoms with Gasteiger partial charge in [-0.15, -0.1) is 0 Å². The van der Waals surface area contributed by atoms with Gasteiger partial charge in [0, 0.05) is 15.9 Å². The van der Waals surface area contributed by atoms with Crippen molar-refractivity contribution in [1.29, 1.82) is 0 Å². The van der Waals surface area contributed by atoms with E-state index in [4.69, 9.17) is 4.74 Å². The molecule has 9 heteroatoms. The molecule has 4 rings (SSSR count). The van der Waals surface area contributed by atoms with Crippen LogP contribution in [0.25, 0.3) is 0 Å². The van der Waals surface area contributed by atoms with Crippen LogP contribution in [0.2, 0.25) is 0 Å². The lowest BCUT2D eigenvalue weighted by Gasteiger charge is -2.35. The predicted octanol–water partition coefficient (Wildman–Crippen LogP) is 3.93. The molecule has 1 unspecified atom stereocenters. The van der Waals surface area contributed by atoms with Crippen LogP contribution in [-0.4, -0.2) is 39.8 Å². The first-order chi connectivity index (χ1) is 15.5. The number of halogens is 1. The fraction of sp³-hybridized carbons (Fsp3) is 0.217. The number of nitrogens with zero attached hydrogens (tertiary/aromatic N) is 4. The minimum atomic E-state index is -0.501. The lowest BCUT2D eigenvalue weighted by molar-refractivity contribution is -0.139. The number of nitrogens with one attached hydrogen (secondary N) is 1. The number of esters is 1. The number of rotatable bonds is 6. The summed E-state index contributed by atoms with van der Waals surface area (Å²) < 4.78 is 7.94. The molecule has 1 aromatic heterocycles. The minimum absolute atomic E-state index is 0.0367. The van der Waals surface area contributed by atoms with Crippen molar-refractivity contribution in [3.05, 3.63) is 82.2 Å². The van der Waals surface area contributed by atoms with Crippen LogP contribution >= 0.6 is 15.9 Å². The molecule has 8 nitrogen and oxygen atoms in total. The summed E-state index contributed by atoms with van der Waals surface area (Å²) in [5, 5.41) is 7.25. The molecule has 0 aliphatic carbocycles. The van der Waals surface area contributed by atoms with Crippen LogP contribution in [-0.2, 0) is 14.3 Å². The fourth-order valence-corrected chi connectivity index (χ4v) is 3.98. The molecule has 1 aliphatic rings. The van der Waals surface area contributed by atoms with Crippen LogP contribution in [0.15, 0.2) is 76.7 Å². The number of benzene rings is 2. The van der Waals surface area contributed by atoms with Crippen molar-refractivity contribution in [3.8, 4) is 0 Å². The van der Waals surface area contributed by atoms with Gasteiger partial charge in [0.05, 0.1) is 12.2 Å². The van der Waals surface area contributed by atoms with Crippen LogP contribution in [0.4, 0.5) is 11.6 Å². The Morgan fingerprint density at radius 1 is 1.12 bits per heavy atom. The zero-order valence-corrected chi connectivity index (χ0v) is 19.2. The number of allylic oxidation sites excluding steroid dienone is 1. The van der Waals surface area contributed by atoms with Gasteiger partial charge in [-0.05, 0) is 43.7 Å². The maximum absolute atomic E-state index is 13.0. The molecule has 164 valence electrons. The second-order valence-corrected chi connectivity index (χ2v) is 8.09. The van der Waals surface area contributed by atoms with Gasteiger partial charge in [0.1, 0.15) is 18.9 Å². The molecule has 1 N–H and O–H groups in total.